The van der Waals surface area contributed by atoms with E-state index in [2.05, 4.69) is 69.0 Å². The minimum Gasteiger partial charge on any atom is -0.385 e. The Morgan fingerprint density at radius 3 is 2.39 bits per heavy atom. The predicted octanol–water partition coefficient (Wildman–Crippen LogP) is 6.22. The Kier molecular flexibility index (Phi) is 9.11. The number of nitrogens with one attached hydrogen (secondary N) is 1. The Balaban J connectivity index is 2.05. The molecular weight excluding hydrogens is 401 g/mol. The van der Waals surface area contributed by atoms with Gasteiger partial charge in [0.25, 0.3) is 0 Å². The van der Waals surface area contributed by atoms with Crippen molar-refractivity contribution in [3.63, 3.8) is 0 Å². The Hall–Kier alpha value is 0.230. The van der Waals surface area contributed by atoms with Gasteiger partial charge in [0, 0.05) is 20.3 Å². The third-order valence-corrected chi connectivity index (χ3v) is 5.35. The molecule has 0 aliphatic carbocycles. The molecular formula is C15H23BrIN. The highest BCUT2D eigenvalue weighted by molar-refractivity contribution is 14.1. The molecule has 3 heteroatoms. The lowest BCUT2D eigenvalue weighted by atomic mass is 10.1. The molecule has 0 bridgehead atoms. The van der Waals surface area contributed by atoms with Crippen LogP contribution in [-0.2, 0) is 0 Å². The summed E-state index contributed by atoms with van der Waals surface area (Å²) in [5.41, 5.74) is 1.23. The Morgan fingerprint density at radius 2 is 1.72 bits per heavy atom. The van der Waals surface area contributed by atoms with E-state index in [-0.39, 0.29) is 0 Å². The first-order chi connectivity index (χ1) is 8.74. The Morgan fingerprint density at radius 1 is 1.06 bits per heavy atom. The highest BCUT2D eigenvalue weighted by Crippen LogP contribution is 2.22. The molecule has 18 heavy (non-hydrogen) atoms. The molecule has 0 saturated carbocycles. The van der Waals surface area contributed by atoms with Crippen LogP contribution in [0.3, 0.4) is 0 Å². The lowest BCUT2D eigenvalue weighted by Crippen LogP contribution is -2.01. The number of halogens is 2. The maximum Gasteiger partial charge on any atom is 0.0351 e. The fraction of sp³-hybridized carbons (Fsp3) is 0.600. The van der Waals surface area contributed by atoms with E-state index in [1.165, 1.54) is 58.7 Å². The van der Waals surface area contributed by atoms with E-state index >= 15 is 0 Å². The van der Waals surface area contributed by atoms with Gasteiger partial charge in [-0.2, -0.15) is 0 Å². The summed E-state index contributed by atoms with van der Waals surface area (Å²) in [5.74, 6) is 0. The summed E-state index contributed by atoms with van der Waals surface area (Å²) in [4.78, 5) is 0. The normalized spacial score (nSPS) is 10.6. The van der Waals surface area contributed by atoms with Crippen LogP contribution in [0.1, 0.15) is 51.9 Å². The van der Waals surface area contributed by atoms with Crippen molar-refractivity contribution in [3.05, 3.63) is 26.2 Å². The van der Waals surface area contributed by atoms with E-state index in [0.717, 1.165) is 6.54 Å². The molecule has 0 atom stereocenters. The number of hydrogen-bond acceptors (Lipinski definition) is 1. The fourth-order valence-electron chi connectivity index (χ4n) is 1.92. The molecule has 0 aliphatic heterocycles. The standard InChI is InChI=1S/C15H23BrIN/c1-2-3-4-5-6-7-8-11-18-13-9-10-14(16)15(17)12-13/h9-10,12,18H,2-8,11H2,1H3. The summed E-state index contributed by atoms with van der Waals surface area (Å²) in [6.07, 6.45) is 9.57. The van der Waals surface area contributed by atoms with Gasteiger partial charge in [-0.25, -0.2) is 0 Å². The molecule has 0 radical (unpaired) electrons. The van der Waals surface area contributed by atoms with Crippen molar-refractivity contribution in [2.75, 3.05) is 11.9 Å². The Bertz CT molecular complexity index is 341. The van der Waals surface area contributed by atoms with Gasteiger partial charge in [0.15, 0.2) is 0 Å². The van der Waals surface area contributed by atoms with Crippen LogP contribution in [0.25, 0.3) is 0 Å². The van der Waals surface area contributed by atoms with Crippen LogP contribution in [0.2, 0.25) is 0 Å². The summed E-state index contributed by atoms with van der Waals surface area (Å²) in [6, 6.07) is 6.42. The van der Waals surface area contributed by atoms with Gasteiger partial charge in [0.1, 0.15) is 0 Å². The number of benzene rings is 1. The smallest absolute Gasteiger partial charge is 0.0351 e. The Labute approximate surface area is 133 Å². The zero-order valence-electron chi connectivity index (χ0n) is 11.1. The lowest BCUT2D eigenvalue weighted by Gasteiger charge is -2.07. The second-order valence-corrected chi connectivity index (χ2v) is 6.69. The van der Waals surface area contributed by atoms with E-state index in [4.69, 9.17) is 0 Å². The van der Waals surface area contributed by atoms with Crippen LogP contribution in [0.4, 0.5) is 5.69 Å². The number of anilines is 1. The van der Waals surface area contributed by atoms with Crippen LogP contribution in [-0.4, -0.2) is 6.54 Å². The van der Waals surface area contributed by atoms with Gasteiger partial charge in [-0.05, 0) is 63.1 Å². The number of hydrogen-bond donors (Lipinski definition) is 1. The first-order valence-corrected chi connectivity index (χ1v) is 8.80. The van der Waals surface area contributed by atoms with E-state index in [0.29, 0.717) is 0 Å². The highest BCUT2D eigenvalue weighted by Gasteiger charge is 1.97. The molecule has 1 aromatic rings. The molecule has 1 N–H and O–H groups in total. The molecule has 0 amide bonds. The molecule has 0 heterocycles. The average Bonchev–Trinajstić information content (AvgIpc) is 2.37. The maximum atomic E-state index is 3.52. The van der Waals surface area contributed by atoms with Crippen molar-refractivity contribution >= 4 is 44.2 Å². The monoisotopic (exact) mass is 423 g/mol. The van der Waals surface area contributed by atoms with Gasteiger partial charge in [0.2, 0.25) is 0 Å². The van der Waals surface area contributed by atoms with E-state index in [1.807, 2.05) is 0 Å². The van der Waals surface area contributed by atoms with Gasteiger partial charge in [-0.1, -0.05) is 45.4 Å². The van der Waals surface area contributed by atoms with Crippen molar-refractivity contribution in [2.45, 2.75) is 51.9 Å². The van der Waals surface area contributed by atoms with Crippen molar-refractivity contribution in [2.24, 2.45) is 0 Å². The molecule has 1 rings (SSSR count). The zero-order valence-corrected chi connectivity index (χ0v) is 14.9. The maximum absolute atomic E-state index is 3.52. The second-order valence-electron chi connectivity index (χ2n) is 4.68. The molecule has 0 aromatic heterocycles. The predicted molar refractivity (Wildman–Crippen MR) is 93.3 cm³/mol. The molecule has 102 valence electrons. The topological polar surface area (TPSA) is 12.0 Å². The minimum atomic E-state index is 1.09. The van der Waals surface area contributed by atoms with Crippen molar-refractivity contribution in [3.8, 4) is 0 Å². The van der Waals surface area contributed by atoms with Crippen LogP contribution in [0.15, 0.2) is 22.7 Å². The highest BCUT2D eigenvalue weighted by atomic mass is 127. The third kappa shape index (κ3) is 6.98. The minimum absolute atomic E-state index is 1.09. The lowest BCUT2D eigenvalue weighted by molar-refractivity contribution is 0.596. The quantitative estimate of drug-likeness (QED) is 0.367. The molecule has 0 spiro atoms. The molecule has 1 aromatic carbocycles. The van der Waals surface area contributed by atoms with Crippen LogP contribution < -0.4 is 5.32 Å². The van der Waals surface area contributed by atoms with Gasteiger partial charge in [-0.3, -0.25) is 0 Å². The molecule has 0 unspecified atom stereocenters. The van der Waals surface area contributed by atoms with Gasteiger partial charge in [-0.15, -0.1) is 0 Å². The van der Waals surface area contributed by atoms with E-state index in [9.17, 15) is 0 Å². The van der Waals surface area contributed by atoms with Crippen LogP contribution >= 0.6 is 38.5 Å². The summed E-state index contributed by atoms with van der Waals surface area (Å²) in [6.45, 7) is 3.36. The van der Waals surface area contributed by atoms with Gasteiger partial charge >= 0.3 is 0 Å². The van der Waals surface area contributed by atoms with Crippen LogP contribution in [0.5, 0.6) is 0 Å². The van der Waals surface area contributed by atoms with Gasteiger partial charge < -0.3 is 5.32 Å². The van der Waals surface area contributed by atoms with Crippen molar-refractivity contribution in [1.29, 1.82) is 0 Å². The van der Waals surface area contributed by atoms with Crippen LogP contribution in [0, 0.1) is 3.57 Å². The molecule has 0 aliphatic rings. The first-order valence-electron chi connectivity index (χ1n) is 6.93. The summed E-state index contributed by atoms with van der Waals surface area (Å²) >= 11 is 5.87. The first kappa shape index (κ1) is 16.3. The molecule has 1 nitrogen and oxygen atoms in total. The van der Waals surface area contributed by atoms with Crippen molar-refractivity contribution < 1.29 is 0 Å². The zero-order chi connectivity index (χ0) is 13.2. The SMILES string of the molecule is CCCCCCCCCNc1ccc(Br)c(I)c1. The summed E-state index contributed by atoms with van der Waals surface area (Å²) in [7, 11) is 0. The summed E-state index contributed by atoms with van der Waals surface area (Å²) in [5, 5.41) is 3.49. The van der Waals surface area contributed by atoms with E-state index in [1.54, 1.807) is 0 Å². The molecule has 0 saturated heterocycles. The fourth-order valence-corrected chi connectivity index (χ4v) is 2.68. The number of rotatable bonds is 9. The van der Waals surface area contributed by atoms with E-state index < -0.39 is 0 Å². The average molecular weight is 424 g/mol. The largest absolute Gasteiger partial charge is 0.385 e. The van der Waals surface area contributed by atoms with Gasteiger partial charge in [0.05, 0.1) is 0 Å². The second kappa shape index (κ2) is 10.1. The summed E-state index contributed by atoms with van der Waals surface area (Å²) < 4.78 is 2.43. The van der Waals surface area contributed by atoms with Crippen molar-refractivity contribution in [1.82, 2.24) is 0 Å². The third-order valence-electron chi connectivity index (χ3n) is 3.03. The molecule has 0 fully saturated rings. The number of unbranched alkanes of at least 4 members (excludes halogenated alkanes) is 6.